The number of para-hydroxylation sites is 2. The highest BCUT2D eigenvalue weighted by atomic mass is 16.5. The molecule has 0 amide bonds. The van der Waals surface area contributed by atoms with Crippen molar-refractivity contribution in [3.63, 3.8) is 0 Å². The predicted molar refractivity (Wildman–Crippen MR) is 104 cm³/mol. The summed E-state index contributed by atoms with van der Waals surface area (Å²) < 4.78 is 5.57. The van der Waals surface area contributed by atoms with Gasteiger partial charge in [0.15, 0.2) is 0 Å². The van der Waals surface area contributed by atoms with Gasteiger partial charge in [-0.3, -0.25) is 0 Å². The molecule has 0 aliphatic carbocycles. The number of hydrazine groups is 1. The van der Waals surface area contributed by atoms with E-state index in [-0.39, 0.29) is 5.54 Å². The van der Waals surface area contributed by atoms with Gasteiger partial charge >= 0.3 is 0 Å². The molecule has 6 heteroatoms. The maximum absolute atomic E-state index is 7.38. The minimum absolute atomic E-state index is 0.226. The van der Waals surface area contributed by atoms with Gasteiger partial charge in [-0.1, -0.05) is 30.3 Å². The molecule has 2 heterocycles. The molecule has 4 N–H and O–H groups in total. The van der Waals surface area contributed by atoms with Crippen LogP contribution in [0.3, 0.4) is 0 Å². The first kappa shape index (κ1) is 16.8. The fourth-order valence-electron chi connectivity index (χ4n) is 3.47. The zero-order chi connectivity index (χ0) is 17.8. The minimum Gasteiger partial charge on any atom is -0.381 e. The molecule has 1 fully saturated rings. The fourth-order valence-corrected chi connectivity index (χ4v) is 3.47. The Morgan fingerprint density at radius 3 is 2.85 bits per heavy atom. The second kappa shape index (κ2) is 7.27. The van der Waals surface area contributed by atoms with Gasteiger partial charge in [0.05, 0.1) is 11.4 Å². The van der Waals surface area contributed by atoms with Crippen molar-refractivity contribution in [1.29, 1.82) is 5.41 Å². The van der Waals surface area contributed by atoms with Crippen LogP contribution in [0.1, 0.15) is 24.0 Å². The lowest BCUT2D eigenvalue weighted by Crippen LogP contribution is -2.59. The molecule has 1 saturated heterocycles. The van der Waals surface area contributed by atoms with Gasteiger partial charge in [0.25, 0.3) is 0 Å². The Kier molecular flexibility index (Phi) is 4.69. The Morgan fingerprint density at radius 2 is 2.00 bits per heavy atom. The average molecular weight is 349 g/mol. The van der Waals surface area contributed by atoms with E-state index in [2.05, 4.69) is 22.2 Å². The molecule has 0 atom stereocenters. The van der Waals surface area contributed by atoms with Gasteiger partial charge in [0.1, 0.15) is 11.4 Å². The van der Waals surface area contributed by atoms with Gasteiger partial charge in [0.2, 0.25) is 0 Å². The first-order chi connectivity index (χ1) is 12.8. The van der Waals surface area contributed by atoms with Crippen molar-refractivity contribution in [3.8, 4) is 0 Å². The Morgan fingerprint density at radius 1 is 1.15 bits per heavy atom. The number of anilines is 1. The van der Waals surface area contributed by atoms with Crippen molar-refractivity contribution < 1.29 is 4.74 Å². The van der Waals surface area contributed by atoms with E-state index in [4.69, 9.17) is 15.1 Å². The SMILES string of the molecule is N=Cc1cccc(CNNC2=Nc3ccccc3NC23CCOCC3)c1. The molecular formula is C20H23N5O. The number of hydrogen-bond acceptors (Lipinski definition) is 6. The number of fused-ring (bicyclic) bond motifs is 1. The van der Waals surface area contributed by atoms with Crippen LogP contribution in [0.2, 0.25) is 0 Å². The summed E-state index contributed by atoms with van der Waals surface area (Å²) in [7, 11) is 0. The summed E-state index contributed by atoms with van der Waals surface area (Å²) in [5.74, 6) is 0.905. The summed E-state index contributed by atoms with van der Waals surface area (Å²) in [4.78, 5) is 4.88. The number of nitrogens with one attached hydrogen (secondary N) is 4. The smallest absolute Gasteiger partial charge is 0.142 e. The fraction of sp³-hybridized carbons (Fsp3) is 0.300. The van der Waals surface area contributed by atoms with E-state index in [0.717, 1.165) is 54.4 Å². The zero-order valence-corrected chi connectivity index (χ0v) is 14.6. The van der Waals surface area contributed by atoms with Gasteiger partial charge < -0.3 is 20.9 Å². The van der Waals surface area contributed by atoms with E-state index in [1.165, 1.54) is 6.21 Å². The maximum Gasteiger partial charge on any atom is 0.142 e. The highest BCUT2D eigenvalue weighted by Crippen LogP contribution is 2.37. The number of hydrogen-bond donors (Lipinski definition) is 4. The summed E-state index contributed by atoms with van der Waals surface area (Å²) in [5, 5.41) is 11.1. The van der Waals surface area contributed by atoms with Crippen LogP contribution in [-0.4, -0.2) is 30.8 Å². The van der Waals surface area contributed by atoms with Gasteiger partial charge in [0, 0.05) is 38.8 Å². The molecule has 6 nitrogen and oxygen atoms in total. The third-order valence-electron chi connectivity index (χ3n) is 4.93. The third-order valence-corrected chi connectivity index (χ3v) is 4.93. The van der Waals surface area contributed by atoms with Gasteiger partial charge in [-0.25, -0.2) is 10.4 Å². The van der Waals surface area contributed by atoms with Crippen LogP contribution in [0.15, 0.2) is 53.5 Å². The summed E-state index contributed by atoms with van der Waals surface area (Å²) in [6.07, 6.45) is 3.11. The molecule has 0 aromatic heterocycles. The van der Waals surface area contributed by atoms with Gasteiger partial charge in [-0.2, -0.15) is 0 Å². The number of nitrogens with zero attached hydrogens (tertiary/aromatic N) is 1. The van der Waals surface area contributed by atoms with E-state index < -0.39 is 0 Å². The number of amidine groups is 1. The Hall–Kier alpha value is -2.70. The lowest BCUT2D eigenvalue weighted by atomic mass is 9.87. The van der Waals surface area contributed by atoms with E-state index in [9.17, 15) is 0 Å². The first-order valence-electron chi connectivity index (χ1n) is 8.91. The number of ether oxygens (including phenoxy) is 1. The molecule has 2 aromatic rings. The molecule has 1 spiro atoms. The van der Waals surface area contributed by atoms with E-state index >= 15 is 0 Å². The summed E-state index contributed by atoms with van der Waals surface area (Å²) in [6, 6.07) is 16.1. The molecular weight excluding hydrogens is 326 g/mol. The van der Waals surface area contributed by atoms with E-state index in [0.29, 0.717) is 6.54 Å². The van der Waals surface area contributed by atoms with Crippen LogP contribution < -0.4 is 16.2 Å². The largest absolute Gasteiger partial charge is 0.381 e. The molecule has 0 radical (unpaired) electrons. The van der Waals surface area contributed by atoms with Gasteiger partial charge in [-0.05, 0) is 29.3 Å². The lowest BCUT2D eigenvalue weighted by molar-refractivity contribution is 0.0768. The Balaban J connectivity index is 1.52. The van der Waals surface area contributed by atoms with Crippen molar-refractivity contribution in [3.05, 3.63) is 59.7 Å². The predicted octanol–water partition coefficient (Wildman–Crippen LogP) is 2.98. The summed E-state index contributed by atoms with van der Waals surface area (Å²) >= 11 is 0. The van der Waals surface area contributed by atoms with E-state index in [1.807, 2.05) is 42.5 Å². The van der Waals surface area contributed by atoms with Crippen LogP contribution in [-0.2, 0) is 11.3 Å². The molecule has 134 valence electrons. The normalized spacial score (nSPS) is 17.8. The van der Waals surface area contributed by atoms with E-state index in [1.54, 1.807) is 0 Å². The van der Waals surface area contributed by atoms with Crippen molar-refractivity contribution in [2.75, 3.05) is 18.5 Å². The number of aliphatic imine (C=N–C) groups is 1. The van der Waals surface area contributed by atoms with Crippen molar-refractivity contribution in [1.82, 2.24) is 10.9 Å². The average Bonchev–Trinajstić information content (AvgIpc) is 2.69. The minimum atomic E-state index is -0.226. The Bertz CT molecular complexity index is 826. The topological polar surface area (TPSA) is 81.5 Å². The van der Waals surface area contributed by atoms with Crippen LogP contribution in [0, 0.1) is 5.41 Å². The maximum atomic E-state index is 7.38. The molecule has 2 aliphatic rings. The van der Waals surface area contributed by atoms with Crippen LogP contribution in [0.25, 0.3) is 0 Å². The molecule has 0 saturated carbocycles. The van der Waals surface area contributed by atoms with Crippen molar-refractivity contribution in [2.24, 2.45) is 4.99 Å². The molecule has 0 bridgehead atoms. The summed E-state index contributed by atoms with van der Waals surface area (Å²) in [5.41, 5.74) is 10.4. The Labute approximate surface area is 153 Å². The third kappa shape index (κ3) is 3.34. The second-order valence-corrected chi connectivity index (χ2v) is 6.66. The molecule has 2 aliphatic heterocycles. The molecule has 0 unspecified atom stereocenters. The summed E-state index contributed by atoms with van der Waals surface area (Å²) in [6.45, 7) is 2.09. The molecule has 2 aromatic carbocycles. The van der Waals surface area contributed by atoms with Gasteiger partial charge in [-0.15, -0.1) is 0 Å². The number of benzene rings is 2. The number of rotatable bonds is 4. The standard InChI is InChI=1S/C20H23N5O/c21-13-15-4-3-5-16(12-15)14-22-25-19-20(8-10-26-11-9-20)24-18-7-2-1-6-17(18)23-19/h1-7,12-13,21-22,24H,8-11,14H2,(H,23,25). The van der Waals surface area contributed by atoms with Crippen LogP contribution in [0.4, 0.5) is 11.4 Å². The first-order valence-corrected chi connectivity index (χ1v) is 8.91. The highest BCUT2D eigenvalue weighted by molar-refractivity contribution is 6.00. The second-order valence-electron chi connectivity index (χ2n) is 6.66. The monoisotopic (exact) mass is 349 g/mol. The van der Waals surface area contributed by atoms with Crippen molar-refractivity contribution >= 4 is 23.4 Å². The highest BCUT2D eigenvalue weighted by Gasteiger charge is 2.40. The van der Waals surface area contributed by atoms with Crippen LogP contribution in [0.5, 0.6) is 0 Å². The van der Waals surface area contributed by atoms with Crippen LogP contribution >= 0.6 is 0 Å². The quantitative estimate of drug-likeness (QED) is 0.505. The molecule has 4 rings (SSSR count). The molecule has 26 heavy (non-hydrogen) atoms. The lowest BCUT2D eigenvalue weighted by Gasteiger charge is -2.42. The zero-order valence-electron chi connectivity index (χ0n) is 14.6. The van der Waals surface area contributed by atoms with Crippen molar-refractivity contribution in [2.45, 2.75) is 24.9 Å².